The van der Waals surface area contributed by atoms with Crippen molar-refractivity contribution in [2.75, 3.05) is 19.7 Å². The number of rotatable bonds is 6. The zero-order chi connectivity index (χ0) is 21.7. The van der Waals surface area contributed by atoms with Crippen LogP contribution in [-0.4, -0.2) is 53.8 Å². The summed E-state index contributed by atoms with van der Waals surface area (Å²) in [6.07, 6.45) is 2.83. The van der Waals surface area contributed by atoms with Gasteiger partial charge >= 0.3 is 11.9 Å². The third-order valence-electron chi connectivity index (χ3n) is 5.71. The van der Waals surface area contributed by atoms with Crippen LogP contribution in [0.25, 0.3) is 0 Å². The highest BCUT2D eigenvalue weighted by Gasteiger charge is 2.40. The average molecular weight is 411 g/mol. The fourth-order valence-corrected chi connectivity index (χ4v) is 4.20. The van der Waals surface area contributed by atoms with Gasteiger partial charge in [-0.15, -0.1) is 6.58 Å². The van der Waals surface area contributed by atoms with Crippen LogP contribution in [0.3, 0.4) is 0 Å². The van der Waals surface area contributed by atoms with Gasteiger partial charge in [0.25, 0.3) is 0 Å². The van der Waals surface area contributed by atoms with Gasteiger partial charge in [0.05, 0.1) is 18.8 Å². The Kier molecular flexibility index (Phi) is 7.30. The van der Waals surface area contributed by atoms with E-state index < -0.39 is 24.1 Å². The number of carbonyl (C=O) groups excluding carboxylic acids is 2. The number of benzene rings is 1. The molecule has 6 heteroatoms. The number of hydrogen-bond acceptors (Lipinski definition) is 6. The maximum absolute atomic E-state index is 12.3. The summed E-state index contributed by atoms with van der Waals surface area (Å²) in [7, 11) is 0. The van der Waals surface area contributed by atoms with E-state index in [0.29, 0.717) is 17.9 Å². The first-order chi connectivity index (χ1) is 14.4. The standard InChI is InChI=1S/C24H29NO5/c1-4-6-19-15-20(23(30-16(3)26)24(28)29-5-2)8-7-17(19)9-10-21-22(27)18-11-13-25(21)14-12-18/h4,7-8,15,18,21-23,27H,1,5-6,11-14H2,2-3H3. The van der Waals surface area contributed by atoms with E-state index in [1.54, 1.807) is 25.1 Å². The molecular weight excluding hydrogens is 382 g/mol. The number of hydrogen-bond donors (Lipinski definition) is 1. The third kappa shape index (κ3) is 4.92. The van der Waals surface area contributed by atoms with Crippen molar-refractivity contribution in [3.05, 3.63) is 47.5 Å². The number of fused-ring (bicyclic) bond motifs is 3. The minimum Gasteiger partial charge on any atom is -0.463 e. The van der Waals surface area contributed by atoms with Crippen molar-refractivity contribution in [2.45, 2.75) is 51.4 Å². The summed E-state index contributed by atoms with van der Waals surface area (Å²) in [5.41, 5.74) is 2.22. The molecule has 0 amide bonds. The number of piperidine rings is 3. The summed E-state index contributed by atoms with van der Waals surface area (Å²) >= 11 is 0. The summed E-state index contributed by atoms with van der Waals surface area (Å²) in [6, 6.07) is 5.20. The summed E-state index contributed by atoms with van der Waals surface area (Å²) in [5.74, 6) is 5.65. The zero-order valence-electron chi connectivity index (χ0n) is 17.6. The van der Waals surface area contributed by atoms with Crippen LogP contribution in [0.1, 0.15) is 49.5 Å². The SMILES string of the molecule is C=CCc1cc(C(OC(C)=O)C(=O)OCC)ccc1C#CC1C(O)C2CCN1CC2. The molecule has 3 unspecified atom stereocenters. The van der Waals surface area contributed by atoms with Crippen molar-refractivity contribution in [1.82, 2.24) is 4.90 Å². The van der Waals surface area contributed by atoms with Crippen molar-refractivity contribution < 1.29 is 24.2 Å². The highest BCUT2D eigenvalue weighted by atomic mass is 16.6. The van der Waals surface area contributed by atoms with E-state index >= 15 is 0 Å². The Morgan fingerprint density at radius 3 is 2.70 bits per heavy atom. The smallest absolute Gasteiger partial charge is 0.352 e. The van der Waals surface area contributed by atoms with Crippen LogP contribution < -0.4 is 0 Å². The third-order valence-corrected chi connectivity index (χ3v) is 5.71. The van der Waals surface area contributed by atoms with E-state index in [2.05, 4.69) is 23.3 Å². The predicted molar refractivity (Wildman–Crippen MR) is 112 cm³/mol. The van der Waals surface area contributed by atoms with Gasteiger partial charge in [0.1, 0.15) is 0 Å². The average Bonchev–Trinajstić information content (AvgIpc) is 2.73. The summed E-state index contributed by atoms with van der Waals surface area (Å²) in [6.45, 7) is 8.91. The number of ether oxygens (including phenoxy) is 2. The van der Waals surface area contributed by atoms with Gasteiger partial charge in [-0.2, -0.15) is 0 Å². The molecule has 0 saturated carbocycles. The predicted octanol–water partition coefficient (Wildman–Crippen LogP) is 2.39. The number of esters is 2. The van der Waals surface area contributed by atoms with E-state index in [1.165, 1.54) is 6.92 Å². The molecule has 2 bridgehead atoms. The molecule has 3 fully saturated rings. The molecule has 3 atom stereocenters. The Morgan fingerprint density at radius 2 is 2.10 bits per heavy atom. The maximum atomic E-state index is 12.3. The fourth-order valence-electron chi connectivity index (χ4n) is 4.20. The number of aliphatic hydroxyl groups excluding tert-OH is 1. The van der Waals surface area contributed by atoms with E-state index in [-0.39, 0.29) is 12.6 Å². The zero-order valence-corrected chi connectivity index (χ0v) is 17.6. The van der Waals surface area contributed by atoms with Gasteiger partial charge in [-0.05, 0) is 62.9 Å². The van der Waals surface area contributed by atoms with Crippen LogP contribution in [0.4, 0.5) is 0 Å². The van der Waals surface area contributed by atoms with Crippen LogP contribution in [0, 0.1) is 17.8 Å². The Hall–Kier alpha value is -2.62. The molecule has 1 N–H and O–H groups in total. The highest BCUT2D eigenvalue weighted by Crippen LogP contribution is 2.32. The number of nitrogens with zero attached hydrogens (tertiary/aromatic N) is 1. The van der Waals surface area contributed by atoms with Crippen LogP contribution in [-0.2, 0) is 25.5 Å². The molecule has 30 heavy (non-hydrogen) atoms. The van der Waals surface area contributed by atoms with Crippen molar-refractivity contribution in [2.24, 2.45) is 5.92 Å². The minimum atomic E-state index is -1.12. The summed E-state index contributed by atoms with van der Waals surface area (Å²) in [5, 5.41) is 10.6. The van der Waals surface area contributed by atoms with Gasteiger partial charge in [-0.3, -0.25) is 9.69 Å². The molecule has 3 heterocycles. The lowest BCUT2D eigenvalue weighted by molar-refractivity contribution is -0.167. The van der Waals surface area contributed by atoms with E-state index in [1.807, 2.05) is 6.07 Å². The topological polar surface area (TPSA) is 76.1 Å². The molecular formula is C24H29NO5. The molecule has 6 nitrogen and oxygen atoms in total. The minimum absolute atomic E-state index is 0.151. The first-order valence-corrected chi connectivity index (χ1v) is 10.5. The Morgan fingerprint density at radius 1 is 1.37 bits per heavy atom. The second kappa shape index (κ2) is 9.92. The molecule has 0 aromatic heterocycles. The molecule has 0 spiro atoms. The van der Waals surface area contributed by atoms with Crippen molar-refractivity contribution in [1.29, 1.82) is 0 Å². The molecule has 1 aromatic rings. The molecule has 0 radical (unpaired) electrons. The van der Waals surface area contributed by atoms with Crippen LogP contribution in [0.5, 0.6) is 0 Å². The van der Waals surface area contributed by atoms with Gasteiger partial charge < -0.3 is 14.6 Å². The normalized spacial score (nSPS) is 25.6. The van der Waals surface area contributed by atoms with Crippen molar-refractivity contribution in [3.63, 3.8) is 0 Å². The lowest BCUT2D eigenvalue weighted by Crippen LogP contribution is -2.57. The molecule has 160 valence electrons. The largest absolute Gasteiger partial charge is 0.463 e. The van der Waals surface area contributed by atoms with Crippen LogP contribution in [0.15, 0.2) is 30.9 Å². The first-order valence-electron chi connectivity index (χ1n) is 10.5. The lowest BCUT2D eigenvalue weighted by atomic mass is 9.81. The Balaban J connectivity index is 1.89. The quantitative estimate of drug-likeness (QED) is 0.440. The molecule has 4 rings (SSSR count). The summed E-state index contributed by atoms with van der Waals surface area (Å²) in [4.78, 5) is 26.0. The number of allylic oxidation sites excluding steroid dienone is 1. The highest BCUT2D eigenvalue weighted by molar-refractivity contribution is 5.80. The van der Waals surface area contributed by atoms with Gasteiger partial charge in [0.2, 0.25) is 6.10 Å². The molecule has 0 aliphatic carbocycles. The second-order valence-corrected chi connectivity index (χ2v) is 7.73. The lowest BCUT2D eigenvalue weighted by Gasteiger charge is -2.46. The molecule has 3 aliphatic rings. The van der Waals surface area contributed by atoms with Crippen LogP contribution in [0.2, 0.25) is 0 Å². The number of carbonyl (C=O) groups is 2. The molecule has 1 aromatic carbocycles. The fraction of sp³-hybridized carbons (Fsp3) is 0.500. The molecule has 3 saturated heterocycles. The Labute approximate surface area is 177 Å². The first kappa shape index (κ1) is 22.1. The van der Waals surface area contributed by atoms with Crippen molar-refractivity contribution >= 4 is 11.9 Å². The monoisotopic (exact) mass is 411 g/mol. The van der Waals surface area contributed by atoms with Gasteiger partial charge in [-0.1, -0.05) is 24.0 Å². The Bertz CT molecular complexity index is 858. The van der Waals surface area contributed by atoms with Crippen LogP contribution >= 0.6 is 0 Å². The van der Waals surface area contributed by atoms with E-state index in [4.69, 9.17) is 9.47 Å². The second-order valence-electron chi connectivity index (χ2n) is 7.73. The summed E-state index contributed by atoms with van der Waals surface area (Å²) < 4.78 is 10.3. The van der Waals surface area contributed by atoms with Crippen molar-refractivity contribution in [3.8, 4) is 11.8 Å². The van der Waals surface area contributed by atoms with E-state index in [0.717, 1.165) is 37.1 Å². The van der Waals surface area contributed by atoms with E-state index in [9.17, 15) is 14.7 Å². The van der Waals surface area contributed by atoms with Gasteiger partial charge in [0.15, 0.2) is 0 Å². The number of aliphatic hydroxyl groups is 1. The van der Waals surface area contributed by atoms with Gasteiger partial charge in [0, 0.05) is 18.1 Å². The maximum Gasteiger partial charge on any atom is 0.352 e. The van der Waals surface area contributed by atoms with Gasteiger partial charge in [-0.25, -0.2) is 4.79 Å². The molecule has 3 aliphatic heterocycles.